The molecule has 0 saturated carbocycles. The fourth-order valence-electron chi connectivity index (χ4n) is 1.22. The first-order chi connectivity index (χ1) is 6.93. The van der Waals surface area contributed by atoms with Crippen molar-refractivity contribution in [1.82, 2.24) is 4.90 Å². The predicted molar refractivity (Wildman–Crippen MR) is 60.5 cm³/mol. The molecule has 4 nitrogen and oxygen atoms in total. The lowest BCUT2D eigenvalue weighted by Crippen LogP contribution is -2.21. The summed E-state index contributed by atoms with van der Waals surface area (Å²) in [5, 5.41) is 9.69. The largest absolute Gasteiger partial charge is 0.507 e. The molecule has 15 heavy (non-hydrogen) atoms. The predicted octanol–water partition coefficient (Wildman–Crippen LogP) is 1.16. The number of rotatable bonds is 2. The van der Waals surface area contributed by atoms with Crippen molar-refractivity contribution in [2.75, 3.05) is 33.1 Å². The molecule has 0 aliphatic heterocycles. The summed E-state index contributed by atoms with van der Waals surface area (Å²) in [4.78, 5) is 14.9. The maximum absolute atomic E-state index is 11.6. The van der Waals surface area contributed by atoms with Gasteiger partial charge in [0.2, 0.25) is 0 Å². The zero-order chi connectivity index (χ0) is 11.6. The molecule has 1 aromatic carbocycles. The van der Waals surface area contributed by atoms with E-state index in [9.17, 15) is 9.90 Å². The number of hydrogen-bond acceptors (Lipinski definition) is 3. The molecule has 0 radical (unpaired) electrons. The number of hydrogen-bond donors (Lipinski definition) is 1. The minimum Gasteiger partial charge on any atom is -0.507 e. The van der Waals surface area contributed by atoms with Crippen LogP contribution in [0.3, 0.4) is 0 Å². The Hall–Kier alpha value is -1.71. The molecule has 1 aromatic rings. The highest BCUT2D eigenvalue weighted by Crippen LogP contribution is 2.24. The van der Waals surface area contributed by atoms with Crippen molar-refractivity contribution in [3.63, 3.8) is 0 Å². The summed E-state index contributed by atoms with van der Waals surface area (Å²) in [7, 11) is 7.06. The highest BCUT2D eigenvalue weighted by Gasteiger charge is 2.13. The Bertz CT molecular complexity index is 373. The number of carbonyl (C=O) groups is 1. The maximum atomic E-state index is 11.6. The average molecular weight is 208 g/mol. The SMILES string of the molecule is CN(C)C(=O)c1ccc(N(C)C)cc1O. The molecule has 82 valence electrons. The molecule has 0 saturated heterocycles. The van der Waals surface area contributed by atoms with Crippen LogP contribution in [0.2, 0.25) is 0 Å². The fourth-order valence-corrected chi connectivity index (χ4v) is 1.22. The Morgan fingerprint density at radius 1 is 1.20 bits per heavy atom. The normalized spacial score (nSPS) is 9.87. The monoisotopic (exact) mass is 208 g/mol. The Morgan fingerprint density at radius 2 is 1.80 bits per heavy atom. The number of carbonyl (C=O) groups excluding carboxylic acids is 1. The number of amides is 1. The summed E-state index contributed by atoms with van der Waals surface area (Å²) in [6.07, 6.45) is 0. The van der Waals surface area contributed by atoms with Crippen LogP contribution in [0.4, 0.5) is 5.69 Å². The summed E-state index contributed by atoms with van der Waals surface area (Å²) in [6.45, 7) is 0. The zero-order valence-electron chi connectivity index (χ0n) is 9.48. The van der Waals surface area contributed by atoms with Gasteiger partial charge in [-0.15, -0.1) is 0 Å². The van der Waals surface area contributed by atoms with E-state index >= 15 is 0 Å². The second-order valence-electron chi connectivity index (χ2n) is 3.80. The highest BCUT2D eigenvalue weighted by atomic mass is 16.3. The molecule has 0 aliphatic carbocycles. The summed E-state index contributed by atoms with van der Waals surface area (Å²) < 4.78 is 0. The molecule has 0 fully saturated rings. The van der Waals surface area contributed by atoms with Crippen LogP contribution in [0.15, 0.2) is 18.2 Å². The molecule has 0 heterocycles. The van der Waals surface area contributed by atoms with Crippen LogP contribution in [-0.4, -0.2) is 44.1 Å². The van der Waals surface area contributed by atoms with Gasteiger partial charge in [0.1, 0.15) is 5.75 Å². The molecule has 0 bridgehead atoms. The van der Waals surface area contributed by atoms with Gasteiger partial charge in [-0.2, -0.15) is 0 Å². The number of nitrogens with zero attached hydrogens (tertiary/aromatic N) is 2. The van der Waals surface area contributed by atoms with E-state index in [1.165, 1.54) is 4.90 Å². The van der Waals surface area contributed by atoms with E-state index in [-0.39, 0.29) is 11.7 Å². The van der Waals surface area contributed by atoms with Gasteiger partial charge in [-0.05, 0) is 12.1 Å². The van der Waals surface area contributed by atoms with Crippen LogP contribution in [-0.2, 0) is 0 Å². The molecule has 1 N–H and O–H groups in total. The second kappa shape index (κ2) is 4.21. The van der Waals surface area contributed by atoms with Gasteiger partial charge in [-0.3, -0.25) is 4.79 Å². The molecule has 0 spiro atoms. The van der Waals surface area contributed by atoms with E-state index in [4.69, 9.17) is 0 Å². The Kier molecular flexibility index (Phi) is 3.19. The molecule has 0 atom stereocenters. The van der Waals surface area contributed by atoms with Gasteiger partial charge < -0.3 is 14.9 Å². The van der Waals surface area contributed by atoms with E-state index in [0.29, 0.717) is 5.56 Å². The van der Waals surface area contributed by atoms with E-state index in [0.717, 1.165) is 5.69 Å². The summed E-state index contributed by atoms with van der Waals surface area (Å²) in [5.74, 6) is -0.183. The van der Waals surface area contributed by atoms with Gasteiger partial charge in [0.25, 0.3) is 5.91 Å². The minimum atomic E-state index is -0.196. The molecule has 0 unspecified atom stereocenters. The van der Waals surface area contributed by atoms with Crippen LogP contribution >= 0.6 is 0 Å². The van der Waals surface area contributed by atoms with Gasteiger partial charge in [0, 0.05) is 39.9 Å². The van der Waals surface area contributed by atoms with Gasteiger partial charge >= 0.3 is 0 Å². The van der Waals surface area contributed by atoms with Crippen molar-refractivity contribution in [3.8, 4) is 5.75 Å². The molecule has 1 rings (SSSR count). The third-order valence-electron chi connectivity index (χ3n) is 2.13. The van der Waals surface area contributed by atoms with Crippen molar-refractivity contribution in [2.45, 2.75) is 0 Å². The van der Waals surface area contributed by atoms with Crippen molar-refractivity contribution >= 4 is 11.6 Å². The topological polar surface area (TPSA) is 43.8 Å². The zero-order valence-corrected chi connectivity index (χ0v) is 9.48. The third-order valence-corrected chi connectivity index (χ3v) is 2.13. The van der Waals surface area contributed by atoms with Crippen LogP contribution < -0.4 is 4.90 Å². The first-order valence-electron chi connectivity index (χ1n) is 4.65. The van der Waals surface area contributed by atoms with Crippen LogP contribution in [0.5, 0.6) is 5.75 Å². The quantitative estimate of drug-likeness (QED) is 0.793. The number of anilines is 1. The van der Waals surface area contributed by atoms with Crippen molar-refractivity contribution in [3.05, 3.63) is 23.8 Å². The Morgan fingerprint density at radius 3 is 2.20 bits per heavy atom. The van der Waals surface area contributed by atoms with E-state index < -0.39 is 0 Å². The third kappa shape index (κ3) is 2.40. The van der Waals surface area contributed by atoms with Crippen LogP contribution in [0, 0.1) is 0 Å². The first-order valence-corrected chi connectivity index (χ1v) is 4.65. The molecule has 0 aromatic heterocycles. The van der Waals surface area contributed by atoms with Gasteiger partial charge in [-0.25, -0.2) is 0 Å². The Labute approximate surface area is 89.7 Å². The molecule has 4 heteroatoms. The minimum absolute atomic E-state index is 0.0138. The van der Waals surface area contributed by atoms with E-state index in [1.807, 2.05) is 19.0 Å². The number of aromatic hydroxyl groups is 1. The van der Waals surface area contributed by atoms with Crippen molar-refractivity contribution in [2.24, 2.45) is 0 Å². The van der Waals surface area contributed by atoms with E-state index in [2.05, 4.69) is 0 Å². The Balaban J connectivity index is 3.08. The fraction of sp³-hybridized carbons (Fsp3) is 0.364. The smallest absolute Gasteiger partial charge is 0.257 e. The van der Waals surface area contributed by atoms with Crippen LogP contribution in [0.25, 0.3) is 0 Å². The lowest BCUT2D eigenvalue weighted by molar-refractivity contribution is 0.0824. The van der Waals surface area contributed by atoms with Crippen molar-refractivity contribution in [1.29, 1.82) is 0 Å². The summed E-state index contributed by atoms with van der Waals surface area (Å²) >= 11 is 0. The van der Waals surface area contributed by atoms with Gasteiger partial charge in [-0.1, -0.05) is 0 Å². The molecule has 1 amide bonds. The first kappa shape index (κ1) is 11.4. The number of benzene rings is 1. The standard InChI is InChI=1S/C11H16N2O2/c1-12(2)8-5-6-9(10(14)7-8)11(15)13(3)4/h5-7,14H,1-4H3. The number of phenols is 1. The lowest BCUT2D eigenvalue weighted by Gasteiger charge is -2.15. The van der Waals surface area contributed by atoms with Gasteiger partial charge in [0.05, 0.1) is 5.56 Å². The van der Waals surface area contributed by atoms with Crippen LogP contribution in [0.1, 0.15) is 10.4 Å². The average Bonchev–Trinajstić information content (AvgIpc) is 2.16. The van der Waals surface area contributed by atoms with Gasteiger partial charge in [0.15, 0.2) is 0 Å². The number of phenolic OH excluding ortho intramolecular Hbond substituents is 1. The second-order valence-corrected chi connectivity index (χ2v) is 3.80. The lowest BCUT2D eigenvalue weighted by atomic mass is 10.1. The molecular formula is C11H16N2O2. The molecular weight excluding hydrogens is 192 g/mol. The highest BCUT2D eigenvalue weighted by molar-refractivity contribution is 5.97. The van der Waals surface area contributed by atoms with Crippen molar-refractivity contribution < 1.29 is 9.90 Å². The summed E-state index contributed by atoms with van der Waals surface area (Å²) in [5.41, 5.74) is 1.19. The maximum Gasteiger partial charge on any atom is 0.257 e. The van der Waals surface area contributed by atoms with E-state index in [1.54, 1.807) is 32.3 Å². The summed E-state index contributed by atoms with van der Waals surface area (Å²) in [6, 6.07) is 5.01. The molecule has 0 aliphatic rings.